The van der Waals surface area contributed by atoms with Crippen LogP contribution in [0, 0.1) is 12.3 Å². The fraction of sp³-hybridized carbons (Fsp3) is 0.818. The van der Waals surface area contributed by atoms with Gasteiger partial charge in [-0.15, -0.1) is 6.42 Å². The van der Waals surface area contributed by atoms with Crippen LogP contribution < -0.4 is 0 Å². The van der Waals surface area contributed by atoms with Crippen molar-refractivity contribution in [3.63, 3.8) is 0 Å². The summed E-state index contributed by atoms with van der Waals surface area (Å²) in [6, 6.07) is 0. The molecule has 0 aromatic rings. The van der Waals surface area contributed by atoms with Crippen LogP contribution >= 0.6 is 0 Å². The molecule has 0 radical (unpaired) electrons. The van der Waals surface area contributed by atoms with E-state index in [0.717, 1.165) is 0 Å². The van der Waals surface area contributed by atoms with Crippen LogP contribution in [0.25, 0.3) is 0 Å². The number of rotatable bonds is 8. The van der Waals surface area contributed by atoms with Crippen molar-refractivity contribution in [1.29, 1.82) is 0 Å². The van der Waals surface area contributed by atoms with Gasteiger partial charge in [0, 0.05) is 0 Å². The lowest BCUT2D eigenvalue weighted by atomic mass is 9.87. The highest BCUT2D eigenvalue weighted by Gasteiger charge is 2.95. The fourth-order valence-corrected chi connectivity index (χ4v) is 1.42. The van der Waals surface area contributed by atoms with Gasteiger partial charge in [-0.3, -0.25) is 0 Å². The maximum atomic E-state index is 13.1. The third kappa shape index (κ3) is 3.14. The van der Waals surface area contributed by atoms with Crippen molar-refractivity contribution < 1.29 is 79.0 Å². The lowest BCUT2D eigenvalue weighted by Crippen LogP contribution is -2.75. The first kappa shape index (κ1) is 27.3. The van der Waals surface area contributed by atoms with Crippen LogP contribution in [0.1, 0.15) is 0 Å². The summed E-state index contributed by atoms with van der Waals surface area (Å²) in [5, 5.41) is 0. The van der Waals surface area contributed by atoms with Crippen molar-refractivity contribution in [2.45, 2.75) is 53.8 Å². The zero-order valence-electron chi connectivity index (χ0n) is 12.5. The molecule has 0 aromatic heterocycles. The van der Waals surface area contributed by atoms with Crippen molar-refractivity contribution in [2.24, 2.45) is 0 Å². The summed E-state index contributed by atoms with van der Waals surface area (Å²) in [6.45, 7) is 0. The maximum absolute atomic E-state index is 13.1. The van der Waals surface area contributed by atoms with Gasteiger partial charge in [0.05, 0.1) is 0 Å². The van der Waals surface area contributed by atoms with E-state index in [-0.39, 0.29) is 0 Å². The second-order valence-electron chi connectivity index (χ2n) is 5.09. The van der Waals surface area contributed by atoms with Gasteiger partial charge in [0.15, 0.2) is 0 Å². The number of alkyl halides is 18. The molecule has 0 nitrogen and oxygen atoms in total. The molecule has 0 aliphatic rings. The number of hydrogen-bond donors (Lipinski definition) is 0. The molecule has 172 valence electrons. The predicted octanol–water partition coefficient (Wildman–Crippen LogP) is 5.97. The van der Waals surface area contributed by atoms with E-state index in [1.54, 1.807) is 0 Å². The fourth-order valence-electron chi connectivity index (χ4n) is 1.42. The molecule has 0 aliphatic heterocycles. The summed E-state index contributed by atoms with van der Waals surface area (Å²) >= 11 is 0. The Labute approximate surface area is 146 Å². The van der Waals surface area contributed by atoms with Crippen LogP contribution in [-0.2, 0) is 0 Å². The Balaban J connectivity index is 6.81. The van der Waals surface area contributed by atoms with Crippen molar-refractivity contribution in [3.8, 4) is 12.3 Å². The Morgan fingerprint density at radius 2 is 0.690 bits per heavy atom. The molecule has 0 aromatic carbocycles. The molecule has 0 amide bonds. The minimum absolute atomic E-state index is 0.577. The average Bonchev–Trinajstić information content (AvgIpc) is 2.53. The van der Waals surface area contributed by atoms with Crippen LogP contribution in [-0.4, -0.2) is 53.8 Å². The van der Waals surface area contributed by atoms with Crippen LogP contribution in [0.4, 0.5) is 79.0 Å². The summed E-state index contributed by atoms with van der Waals surface area (Å²) in [5.74, 6) is -65.5. The third-order valence-electron chi connectivity index (χ3n) is 3.24. The highest BCUT2D eigenvalue weighted by atomic mass is 19.4. The van der Waals surface area contributed by atoms with E-state index >= 15 is 0 Å². The molecule has 0 saturated heterocycles. The standard InChI is InChI=1S/C11H2F18/c1-2-4(14,15)6(18,19)8(22,23)10(26,27)11(28,29)9(24,25)7(20,21)5(16,17)3(12)13/h1,3H. The summed E-state index contributed by atoms with van der Waals surface area (Å²) in [4.78, 5) is 0. The van der Waals surface area contributed by atoms with Gasteiger partial charge < -0.3 is 0 Å². The molecule has 0 N–H and O–H groups in total. The van der Waals surface area contributed by atoms with Crippen LogP contribution in [0.3, 0.4) is 0 Å². The van der Waals surface area contributed by atoms with E-state index in [2.05, 4.69) is 6.42 Å². The van der Waals surface area contributed by atoms with E-state index in [4.69, 9.17) is 0 Å². The highest BCUT2D eigenvalue weighted by molar-refractivity contribution is 5.20. The monoisotopic (exact) mass is 476 g/mol. The maximum Gasteiger partial charge on any atom is 0.390 e. The molecule has 0 heterocycles. The molecule has 0 atom stereocenters. The van der Waals surface area contributed by atoms with Crippen LogP contribution in [0.15, 0.2) is 0 Å². The van der Waals surface area contributed by atoms with E-state index in [0.29, 0.717) is 0 Å². The average molecular weight is 476 g/mol. The molecule has 0 rings (SSSR count). The molecule has 0 bridgehead atoms. The Morgan fingerprint density at radius 3 is 0.931 bits per heavy atom. The first-order valence-corrected chi connectivity index (χ1v) is 6.04. The van der Waals surface area contributed by atoms with Gasteiger partial charge in [-0.25, -0.2) is 8.78 Å². The molecule has 0 spiro atoms. The lowest BCUT2D eigenvalue weighted by molar-refractivity contribution is -0.454. The molecule has 18 heteroatoms. The predicted molar refractivity (Wildman–Crippen MR) is 54.4 cm³/mol. The van der Waals surface area contributed by atoms with Crippen molar-refractivity contribution in [2.75, 3.05) is 0 Å². The van der Waals surface area contributed by atoms with E-state index in [1.807, 2.05) is 0 Å². The van der Waals surface area contributed by atoms with E-state index in [1.165, 1.54) is 0 Å². The third-order valence-corrected chi connectivity index (χ3v) is 3.24. The van der Waals surface area contributed by atoms with Gasteiger partial charge in [0.1, 0.15) is 0 Å². The smallest absolute Gasteiger partial charge is 0.203 e. The molecule has 29 heavy (non-hydrogen) atoms. The van der Waals surface area contributed by atoms with Gasteiger partial charge in [0.2, 0.25) is 0 Å². The number of terminal acetylenes is 1. The topological polar surface area (TPSA) is 0 Å². The van der Waals surface area contributed by atoms with Crippen molar-refractivity contribution in [1.82, 2.24) is 0 Å². The normalized spacial score (nSPS) is 16.2. The zero-order valence-corrected chi connectivity index (χ0v) is 12.5. The summed E-state index contributed by atoms with van der Waals surface area (Å²) in [7, 11) is 0. The molecular formula is C11H2F18. The van der Waals surface area contributed by atoms with Gasteiger partial charge in [-0.1, -0.05) is 0 Å². The second-order valence-corrected chi connectivity index (χ2v) is 5.09. The minimum atomic E-state index is -8.74. The summed E-state index contributed by atoms with van der Waals surface area (Å²) in [5.41, 5.74) is 0. The Hall–Kier alpha value is -1.70. The first-order valence-electron chi connectivity index (χ1n) is 6.04. The van der Waals surface area contributed by atoms with Crippen LogP contribution in [0.5, 0.6) is 0 Å². The largest absolute Gasteiger partial charge is 0.390 e. The molecule has 0 unspecified atom stereocenters. The lowest BCUT2D eigenvalue weighted by Gasteiger charge is -2.43. The Kier molecular flexibility index (Phi) is 6.26. The summed E-state index contributed by atoms with van der Waals surface area (Å²) < 4.78 is 230. The van der Waals surface area contributed by atoms with Crippen molar-refractivity contribution in [3.05, 3.63) is 0 Å². The van der Waals surface area contributed by atoms with Crippen molar-refractivity contribution >= 4 is 0 Å². The Morgan fingerprint density at radius 1 is 0.448 bits per heavy atom. The Bertz CT molecular complexity index is 649. The van der Waals surface area contributed by atoms with E-state index < -0.39 is 59.7 Å². The zero-order chi connectivity index (χ0) is 24.3. The summed E-state index contributed by atoms with van der Waals surface area (Å²) in [6.07, 6.45) is -2.40. The van der Waals surface area contributed by atoms with Gasteiger partial charge in [-0.05, 0) is 5.92 Å². The van der Waals surface area contributed by atoms with Gasteiger partial charge in [-0.2, -0.15) is 70.2 Å². The molecule has 0 fully saturated rings. The second kappa shape index (κ2) is 6.65. The van der Waals surface area contributed by atoms with E-state index in [9.17, 15) is 79.0 Å². The number of hydrogen-bond acceptors (Lipinski definition) is 0. The number of halogens is 18. The van der Waals surface area contributed by atoms with Crippen LogP contribution in [0.2, 0.25) is 0 Å². The molecule has 0 saturated carbocycles. The minimum Gasteiger partial charge on any atom is -0.203 e. The highest BCUT2D eigenvalue weighted by Crippen LogP contribution is 2.64. The first-order chi connectivity index (χ1) is 12.3. The quantitative estimate of drug-likeness (QED) is 0.300. The molecule has 0 aliphatic carbocycles. The van der Waals surface area contributed by atoms with Gasteiger partial charge in [0.25, 0.3) is 0 Å². The SMILES string of the molecule is C#CC(F)(F)C(F)(F)C(F)(F)C(F)(F)C(F)(F)C(F)(F)C(F)(F)C(F)(F)C(F)F. The van der Waals surface area contributed by atoms with Gasteiger partial charge >= 0.3 is 53.8 Å². The molecular weight excluding hydrogens is 474 g/mol.